The lowest BCUT2D eigenvalue weighted by atomic mass is 9.87. The van der Waals surface area contributed by atoms with Gasteiger partial charge in [-0.25, -0.2) is 4.79 Å². The van der Waals surface area contributed by atoms with Crippen molar-refractivity contribution in [3.05, 3.63) is 12.2 Å². The normalized spacial score (nSPS) is 13.8. The van der Waals surface area contributed by atoms with E-state index in [0.717, 1.165) is 5.92 Å². The van der Waals surface area contributed by atoms with Gasteiger partial charge in [0.2, 0.25) is 0 Å². The van der Waals surface area contributed by atoms with Crippen LogP contribution in [0.2, 0.25) is 0 Å². The number of hydrogen-bond donors (Lipinski definition) is 0. The first-order valence-electron chi connectivity index (χ1n) is 17.2. The lowest BCUT2D eigenvalue weighted by Gasteiger charge is -2.22. The monoisotopic (exact) mass is 535 g/mol. The van der Waals surface area contributed by atoms with Crippen LogP contribution in [0.15, 0.2) is 12.2 Å². The molecule has 0 heterocycles. The molecule has 0 amide bonds. The second kappa shape index (κ2) is 27.8. The van der Waals surface area contributed by atoms with Crippen molar-refractivity contribution in [1.29, 1.82) is 0 Å². The summed E-state index contributed by atoms with van der Waals surface area (Å²) in [5.74, 6) is 1.80. The van der Waals surface area contributed by atoms with Gasteiger partial charge in [0.15, 0.2) is 0 Å². The summed E-state index contributed by atoms with van der Waals surface area (Å²) in [6.07, 6.45) is 32.9. The van der Waals surface area contributed by atoms with Gasteiger partial charge in [0.05, 0.1) is 6.61 Å². The number of esters is 1. The maximum atomic E-state index is 12.0. The Labute approximate surface area is 240 Å². The quantitative estimate of drug-likeness (QED) is 0.0541. The maximum Gasteiger partial charge on any atom is 0.333 e. The third-order valence-electron chi connectivity index (χ3n) is 8.44. The van der Waals surface area contributed by atoms with Gasteiger partial charge in [-0.05, 0) is 37.5 Å². The number of ether oxygens (including phenoxy) is 1. The second-order valence-corrected chi connectivity index (χ2v) is 12.9. The van der Waals surface area contributed by atoms with Gasteiger partial charge in [0.1, 0.15) is 0 Å². The summed E-state index contributed by atoms with van der Waals surface area (Å²) < 4.78 is 5.62. The van der Waals surface area contributed by atoms with Gasteiger partial charge in [-0.3, -0.25) is 0 Å². The zero-order valence-electron chi connectivity index (χ0n) is 26.9. The predicted molar refractivity (Wildman–Crippen MR) is 170 cm³/mol. The molecule has 0 saturated heterocycles. The Morgan fingerprint density at radius 1 is 0.579 bits per heavy atom. The van der Waals surface area contributed by atoms with Crippen molar-refractivity contribution in [3.63, 3.8) is 0 Å². The molecule has 38 heavy (non-hydrogen) atoms. The Kier molecular flexibility index (Phi) is 27.2. The molecule has 0 radical (unpaired) electrons. The minimum atomic E-state index is -0.222. The molecule has 226 valence electrons. The third-order valence-corrected chi connectivity index (χ3v) is 8.44. The first-order valence-corrected chi connectivity index (χ1v) is 17.2. The van der Waals surface area contributed by atoms with Crippen LogP contribution in [0.25, 0.3) is 0 Å². The van der Waals surface area contributed by atoms with Crippen LogP contribution in [-0.2, 0) is 9.53 Å². The van der Waals surface area contributed by atoms with Crippen LogP contribution in [0.3, 0.4) is 0 Å². The van der Waals surface area contributed by atoms with Gasteiger partial charge >= 0.3 is 5.97 Å². The molecule has 0 aliphatic rings. The lowest BCUT2D eigenvalue weighted by molar-refractivity contribution is -0.140. The fourth-order valence-electron chi connectivity index (χ4n) is 5.78. The number of rotatable bonds is 29. The van der Waals surface area contributed by atoms with Crippen molar-refractivity contribution < 1.29 is 9.53 Å². The highest BCUT2D eigenvalue weighted by molar-refractivity contribution is 5.86. The van der Waals surface area contributed by atoms with E-state index in [4.69, 9.17) is 4.74 Å². The first-order chi connectivity index (χ1) is 18.4. The molecule has 2 nitrogen and oxygen atoms in total. The molecule has 0 bridgehead atoms. The SMILES string of the molecule is C=C(C)C(=O)OCC(CCCC(C)CCCCCCCCCCC)CC(C)CCCCCCCCCCC. The van der Waals surface area contributed by atoms with E-state index in [9.17, 15) is 4.79 Å². The van der Waals surface area contributed by atoms with Gasteiger partial charge in [0.25, 0.3) is 0 Å². The van der Waals surface area contributed by atoms with Crippen LogP contribution < -0.4 is 0 Å². The molecular weight excluding hydrogens is 464 g/mol. The topological polar surface area (TPSA) is 26.3 Å². The van der Waals surface area contributed by atoms with Crippen molar-refractivity contribution in [1.82, 2.24) is 0 Å². The van der Waals surface area contributed by atoms with Gasteiger partial charge in [-0.2, -0.15) is 0 Å². The summed E-state index contributed by atoms with van der Waals surface area (Å²) in [5.41, 5.74) is 0.515. The van der Waals surface area contributed by atoms with Crippen LogP contribution in [0.5, 0.6) is 0 Å². The molecule has 0 rings (SSSR count). The van der Waals surface area contributed by atoms with Gasteiger partial charge in [-0.1, -0.05) is 176 Å². The molecule has 3 atom stereocenters. The molecular formula is C36H70O2. The van der Waals surface area contributed by atoms with Crippen LogP contribution in [0.1, 0.15) is 189 Å². The van der Waals surface area contributed by atoms with E-state index in [2.05, 4.69) is 34.3 Å². The van der Waals surface area contributed by atoms with E-state index in [1.165, 1.54) is 154 Å². The first kappa shape index (κ1) is 37.2. The zero-order chi connectivity index (χ0) is 28.3. The zero-order valence-corrected chi connectivity index (χ0v) is 26.9. The summed E-state index contributed by atoms with van der Waals surface area (Å²) >= 11 is 0. The molecule has 0 spiro atoms. The lowest BCUT2D eigenvalue weighted by Crippen LogP contribution is -2.17. The molecule has 0 aromatic carbocycles. The van der Waals surface area contributed by atoms with Crippen LogP contribution in [0, 0.1) is 17.8 Å². The Morgan fingerprint density at radius 2 is 0.974 bits per heavy atom. The van der Waals surface area contributed by atoms with Crippen molar-refractivity contribution in [2.45, 2.75) is 189 Å². The van der Waals surface area contributed by atoms with Crippen LogP contribution in [-0.4, -0.2) is 12.6 Å². The number of hydrogen-bond acceptors (Lipinski definition) is 2. The minimum absolute atomic E-state index is 0.222. The molecule has 0 N–H and O–H groups in total. The summed E-state index contributed by atoms with van der Waals surface area (Å²) in [4.78, 5) is 12.0. The van der Waals surface area contributed by atoms with Gasteiger partial charge in [-0.15, -0.1) is 0 Å². The number of carbonyl (C=O) groups is 1. The van der Waals surface area contributed by atoms with Crippen LogP contribution in [0.4, 0.5) is 0 Å². The van der Waals surface area contributed by atoms with Crippen molar-refractivity contribution in [2.24, 2.45) is 17.8 Å². The van der Waals surface area contributed by atoms with Crippen molar-refractivity contribution in [3.8, 4) is 0 Å². The van der Waals surface area contributed by atoms with E-state index < -0.39 is 0 Å². The van der Waals surface area contributed by atoms with E-state index in [-0.39, 0.29) is 5.97 Å². The molecule has 3 unspecified atom stereocenters. The molecule has 0 aliphatic heterocycles. The molecule has 0 aliphatic carbocycles. The van der Waals surface area contributed by atoms with Gasteiger partial charge < -0.3 is 4.74 Å². The Hall–Kier alpha value is -0.790. The fraction of sp³-hybridized carbons (Fsp3) is 0.917. The highest BCUT2D eigenvalue weighted by Gasteiger charge is 2.17. The minimum Gasteiger partial charge on any atom is -0.462 e. The molecule has 0 saturated carbocycles. The third kappa shape index (κ3) is 25.5. The second-order valence-electron chi connectivity index (χ2n) is 12.9. The Balaban J connectivity index is 4.11. The average molecular weight is 535 g/mol. The Morgan fingerprint density at radius 3 is 1.42 bits per heavy atom. The smallest absolute Gasteiger partial charge is 0.333 e. The highest BCUT2D eigenvalue weighted by Crippen LogP contribution is 2.26. The van der Waals surface area contributed by atoms with E-state index >= 15 is 0 Å². The molecule has 0 aromatic heterocycles. The predicted octanol–water partition coefficient (Wildman–Crippen LogP) is 12.4. The number of unbranched alkanes of at least 4 members (excludes halogenated alkanes) is 16. The standard InChI is InChI=1S/C36H70O2/c1-7-9-11-13-15-17-19-21-23-26-33(5)28-25-29-35(31-38-36(37)32(3)4)30-34(6)27-24-22-20-18-16-14-12-10-8-2/h33-35H,3,7-31H2,1-2,4-6H3. The number of carbonyl (C=O) groups excluding carboxylic acids is 1. The van der Waals surface area contributed by atoms with E-state index in [1.807, 2.05) is 0 Å². The summed E-state index contributed by atoms with van der Waals surface area (Å²) in [6.45, 7) is 15.5. The van der Waals surface area contributed by atoms with Gasteiger partial charge in [0, 0.05) is 5.57 Å². The fourth-order valence-corrected chi connectivity index (χ4v) is 5.78. The van der Waals surface area contributed by atoms with Crippen molar-refractivity contribution >= 4 is 5.97 Å². The summed E-state index contributed by atoms with van der Waals surface area (Å²) in [7, 11) is 0. The highest BCUT2D eigenvalue weighted by atomic mass is 16.5. The van der Waals surface area contributed by atoms with E-state index in [1.54, 1.807) is 6.92 Å². The largest absolute Gasteiger partial charge is 0.462 e. The Bertz CT molecular complexity index is 525. The van der Waals surface area contributed by atoms with E-state index in [0.29, 0.717) is 24.0 Å². The average Bonchev–Trinajstić information content (AvgIpc) is 2.89. The molecule has 0 fully saturated rings. The van der Waals surface area contributed by atoms with Crippen molar-refractivity contribution in [2.75, 3.05) is 6.61 Å². The summed E-state index contributed by atoms with van der Waals surface area (Å²) in [5, 5.41) is 0. The summed E-state index contributed by atoms with van der Waals surface area (Å²) in [6, 6.07) is 0. The molecule has 0 aromatic rings. The maximum absolute atomic E-state index is 12.0. The van der Waals surface area contributed by atoms with Crippen LogP contribution >= 0.6 is 0 Å². The molecule has 2 heteroatoms.